The number of fused-ring (bicyclic) bond motifs is 1. The molecule has 0 spiro atoms. The number of nitrogens with zero attached hydrogens (tertiary/aromatic N) is 3. The molecule has 0 saturated heterocycles. The number of aromatic nitrogens is 3. The first kappa shape index (κ1) is 32.0. The van der Waals surface area contributed by atoms with Gasteiger partial charge >= 0.3 is 12.4 Å². The Morgan fingerprint density at radius 3 is 2.31 bits per heavy atom. The fourth-order valence-corrected chi connectivity index (χ4v) is 6.91. The predicted octanol–water partition coefficient (Wildman–Crippen LogP) is 6.10. The highest BCUT2D eigenvalue weighted by molar-refractivity contribution is 7.91. The molecule has 0 fully saturated rings. The van der Waals surface area contributed by atoms with E-state index in [4.69, 9.17) is 23.2 Å². The highest BCUT2D eigenvalue weighted by atomic mass is 35.5. The first-order chi connectivity index (χ1) is 19.2. The van der Waals surface area contributed by atoms with Gasteiger partial charge in [0.25, 0.3) is 15.9 Å². The molecule has 0 atom stereocenters. The standard InChI is InChI=1S/C23H17Cl2F6N5O4S2/c1-21(2,9-37)35-42(39,40)17-7-15(18(25)41-17)34-20(38)11-8-32-36-16(23(29,30)31)6-14(33-19(11)36)10-3-4-12(13(24)5-10)22(26,27)28/h3-8,35,37H,9H2,1-2H3,(H,34,38). The van der Waals surface area contributed by atoms with Crippen LogP contribution in [0.4, 0.5) is 32.0 Å². The lowest BCUT2D eigenvalue weighted by Crippen LogP contribution is -2.45. The lowest BCUT2D eigenvalue weighted by atomic mass is 10.1. The van der Waals surface area contributed by atoms with Crippen molar-refractivity contribution in [2.45, 2.75) is 35.9 Å². The van der Waals surface area contributed by atoms with Crippen LogP contribution in [0.1, 0.15) is 35.5 Å². The van der Waals surface area contributed by atoms with Crippen molar-refractivity contribution in [1.29, 1.82) is 0 Å². The van der Waals surface area contributed by atoms with Crippen molar-refractivity contribution in [2.24, 2.45) is 0 Å². The Labute approximate surface area is 247 Å². The van der Waals surface area contributed by atoms with Crippen molar-refractivity contribution < 1.29 is 44.7 Å². The monoisotopic (exact) mass is 675 g/mol. The molecule has 3 N–H and O–H groups in total. The van der Waals surface area contributed by atoms with E-state index >= 15 is 0 Å². The normalized spacial score (nSPS) is 13.1. The molecule has 0 aliphatic heterocycles. The third-order valence-electron chi connectivity index (χ3n) is 5.56. The summed E-state index contributed by atoms with van der Waals surface area (Å²) < 4.78 is 109. The van der Waals surface area contributed by atoms with E-state index in [2.05, 4.69) is 20.1 Å². The zero-order valence-electron chi connectivity index (χ0n) is 21.0. The first-order valence-electron chi connectivity index (χ1n) is 11.3. The maximum atomic E-state index is 13.9. The number of hydrogen-bond acceptors (Lipinski definition) is 7. The summed E-state index contributed by atoms with van der Waals surface area (Å²) in [6.45, 7) is 2.31. The number of carbonyl (C=O) groups is 1. The van der Waals surface area contributed by atoms with Crippen molar-refractivity contribution in [3.05, 3.63) is 62.7 Å². The van der Waals surface area contributed by atoms with Gasteiger partial charge in [-0.15, -0.1) is 11.3 Å². The highest BCUT2D eigenvalue weighted by Crippen LogP contribution is 2.39. The van der Waals surface area contributed by atoms with Gasteiger partial charge in [0.05, 0.1) is 40.3 Å². The fourth-order valence-electron chi connectivity index (χ4n) is 3.58. The van der Waals surface area contributed by atoms with Gasteiger partial charge in [-0.05, 0) is 38.1 Å². The molecule has 1 aromatic carbocycles. The number of nitrogens with one attached hydrogen (secondary N) is 2. The number of halogens is 8. The Bertz CT molecular complexity index is 1800. The van der Waals surface area contributed by atoms with Crippen molar-refractivity contribution >= 4 is 61.8 Å². The van der Waals surface area contributed by atoms with E-state index < -0.39 is 73.6 Å². The van der Waals surface area contributed by atoms with E-state index in [1.54, 1.807) is 0 Å². The largest absolute Gasteiger partial charge is 0.433 e. The van der Waals surface area contributed by atoms with Crippen LogP contribution in [0.15, 0.2) is 40.7 Å². The van der Waals surface area contributed by atoms with Crippen LogP contribution in [0.5, 0.6) is 0 Å². The molecule has 0 aliphatic rings. The summed E-state index contributed by atoms with van der Waals surface area (Å²) in [7, 11) is -4.19. The van der Waals surface area contributed by atoms with Gasteiger partial charge in [-0.3, -0.25) is 4.79 Å². The number of carbonyl (C=O) groups excluding carboxylic acids is 1. The number of sulfonamides is 1. The van der Waals surface area contributed by atoms with Gasteiger partial charge in [0.1, 0.15) is 14.1 Å². The lowest BCUT2D eigenvalue weighted by molar-refractivity contribution is -0.142. The van der Waals surface area contributed by atoms with E-state index in [9.17, 15) is 44.7 Å². The number of anilines is 1. The molecule has 226 valence electrons. The van der Waals surface area contributed by atoms with Gasteiger partial charge < -0.3 is 10.4 Å². The van der Waals surface area contributed by atoms with Crippen molar-refractivity contribution in [1.82, 2.24) is 19.3 Å². The fraction of sp³-hybridized carbons (Fsp3) is 0.261. The topological polar surface area (TPSA) is 126 Å². The van der Waals surface area contributed by atoms with Gasteiger partial charge in [0.15, 0.2) is 11.3 Å². The molecule has 0 aliphatic carbocycles. The number of amides is 1. The average Bonchev–Trinajstić information content (AvgIpc) is 3.45. The Balaban J connectivity index is 1.76. The summed E-state index contributed by atoms with van der Waals surface area (Å²) >= 11 is 12.4. The van der Waals surface area contributed by atoms with Crippen LogP contribution in [0.25, 0.3) is 16.9 Å². The molecule has 1 amide bonds. The summed E-state index contributed by atoms with van der Waals surface area (Å²) in [4.78, 5) is 17.1. The summed E-state index contributed by atoms with van der Waals surface area (Å²) in [5.74, 6) is -1.07. The zero-order valence-corrected chi connectivity index (χ0v) is 24.2. The molecule has 0 unspecified atom stereocenters. The zero-order chi connectivity index (χ0) is 31.4. The summed E-state index contributed by atoms with van der Waals surface area (Å²) in [5.41, 5.74) is -5.80. The molecule has 4 rings (SSSR count). The van der Waals surface area contributed by atoms with Crippen LogP contribution in [0, 0.1) is 0 Å². The first-order valence-corrected chi connectivity index (χ1v) is 14.4. The molecule has 0 radical (unpaired) electrons. The van der Waals surface area contributed by atoms with Crippen LogP contribution in [0.2, 0.25) is 9.36 Å². The molecule has 19 heteroatoms. The molecular weight excluding hydrogens is 659 g/mol. The maximum Gasteiger partial charge on any atom is 0.433 e. The van der Waals surface area contributed by atoms with E-state index in [1.165, 1.54) is 13.8 Å². The van der Waals surface area contributed by atoms with E-state index in [0.29, 0.717) is 28.0 Å². The Kier molecular flexibility index (Phi) is 8.33. The maximum absolute atomic E-state index is 13.9. The van der Waals surface area contributed by atoms with Gasteiger partial charge in [-0.25, -0.2) is 22.6 Å². The second kappa shape index (κ2) is 10.9. The van der Waals surface area contributed by atoms with E-state index in [-0.39, 0.29) is 19.8 Å². The molecule has 42 heavy (non-hydrogen) atoms. The molecule has 9 nitrogen and oxygen atoms in total. The van der Waals surface area contributed by atoms with Gasteiger partial charge in [-0.2, -0.15) is 31.4 Å². The molecule has 0 saturated carbocycles. The minimum atomic E-state index is -5.03. The minimum Gasteiger partial charge on any atom is -0.394 e. The second-order valence-corrected chi connectivity index (χ2v) is 13.3. The molecular formula is C23H17Cl2F6N5O4S2. The van der Waals surface area contributed by atoms with Crippen molar-refractivity contribution in [3.8, 4) is 11.3 Å². The Morgan fingerprint density at radius 1 is 1.07 bits per heavy atom. The summed E-state index contributed by atoms with van der Waals surface area (Å²) in [6, 6.07) is 3.80. The number of rotatable bonds is 7. The molecule has 3 heterocycles. The molecule has 4 aromatic rings. The van der Waals surface area contributed by atoms with Crippen molar-refractivity contribution in [3.63, 3.8) is 0 Å². The van der Waals surface area contributed by atoms with E-state index in [0.717, 1.165) is 24.4 Å². The number of alkyl halides is 6. The smallest absolute Gasteiger partial charge is 0.394 e. The lowest BCUT2D eigenvalue weighted by Gasteiger charge is -2.22. The number of benzene rings is 1. The van der Waals surface area contributed by atoms with Crippen LogP contribution in [-0.4, -0.2) is 46.2 Å². The summed E-state index contributed by atoms with van der Waals surface area (Å²) in [6.07, 6.45) is -9.06. The average molecular weight is 676 g/mol. The molecule has 0 bridgehead atoms. The van der Waals surface area contributed by atoms with Crippen LogP contribution < -0.4 is 10.0 Å². The van der Waals surface area contributed by atoms with E-state index in [1.807, 2.05) is 0 Å². The van der Waals surface area contributed by atoms with Gasteiger partial charge in [-0.1, -0.05) is 29.3 Å². The van der Waals surface area contributed by atoms with Gasteiger partial charge in [0, 0.05) is 5.56 Å². The Hall–Kier alpha value is -2.96. The number of hydrogen-bond donors (Lipinski definition) is 3. The van der Waals surface area contributed by atoms with Gasteiger partial charge in [0.2, 0.25) is 0 Å². The molecule has 3 aromatic heterocycles. The Morgan fingerprint density at radius 2 is 1.74 bits per heavy atom. The quantitative estimate of drug-likeness (QED) is 0.203. The van der Waals surface area contributed by atoms with Crippen LogP contribution in [0.3, 0.4) is 0 Å². The van der Waals surface area contributed by atoms with Crippen molar-refractivity contribution in [2.75, 3.05) is 11.9 Å². The summed E-state index contributed by atoms with van der Waals surface area (Å²) in [5, 5.41) is 14.5. The number of aliphatic hydroxyl groups is 1. The third kappa shape index (κ3) is 6.50. The third-order valence-corrected chi connectivity index (χ3v) is 9.40. The highest BCUT2D eigenvalue weighted by Gasteiger charge is 2.37. The van der Waals surface area contributed by atoms with Crippen LogP contribution >= 0.6 is 34.5 Å². The second-order valence-electron chi connectivity index (χ2n) is 9.36. The van der Waals surface area contributed by atoms with Crippen LogP contribution in [-0.2, 0) is 22.4 Å². The SMILES string of the molecule is CC(C)(CO)NS(=O)(=O)c1cc(NC(=O)c2cnn3c(C(F)(F)F)cc(-c4ccc(C(F)(F)F)c(Cl)c4)nc23)c(Cl)s1. The number of thiophene rings is 1. The minimum absolute atomic E-state index is 0.189. The predicted molar refractivity (Wildman–Crippen MR) is 142 cm³/mol. The number of aliphatic hydroxyl groups excluding tert-OH is 1.